The van der Waals surface area contributed by atoms with E-state index in [2.05, 4.69) is 10.0 Å². The molecule has 2 fully saturated rings. The molecular weight excluding hydrogens is 406 g/mol. The number of likely N-dealkylation sites (tertiary alicyclic amines) is 1. The summed E-state index contributed by atoms with van der Waals surface area (Å²) >= 11 is 0. The first-order valence-corrected chi connectivity index (χ1v) is 11.6. The molecule has 8 nitrogen and oxygen atoms in total. The Morgan fingerprint density at radius 2 is 1.73 bits per heavy atom. The number of amides is 2. The van der Waals surface area contributed by atoms with Crippen molar-refractivity contribution in [2.45, 2.75) is 43.2 Å². The van der Waals surface area contributed by atoms with Gasteiger partial charge in [0, 0.05) is 30.6 Å². The average molecular weight is 432 g/mol. The second-order valence-electron chi connectivity index (χ2n) is 7.78. The van der Waals surface area contributed by atoms with Crippen LogP contribution in [0.4, 0.5) is 0 Å². The third-order valence-electron chi connectivity index (χ3n) is 5.48. The molecule has 2 amide bonds. The van der Waals surface area contributed by atoms with Crippen molar-refractivity contribution in [2.24, 2.45) is 5.92 Å². The molecule has 0 spiro atoms. The zero-order valence-electron chi connectivity index (χ0n) is 16.5. The predicted molar refractivity (Wildman–Crippen MR) is 109 cm³/mol. The van der Waals surface area contributed by atoms with Crippen LogP contribution in [-0.4, -0.2) is 44.3 Å². The summed E-state index contributed by atoms with van der Waals surface area (Å²) in [7, 11) is -3.53. The highest BCUT2D eigenvalue weighted by Gasteiger charge is 2.29. The number of benzene rings is 1. The van der Waals surface area contributed by atoms with Gasteiger partial charge in [0.1, 0.15) is 5.76 Å². The van der Waals surface area contributed by atoms with Crippen molar-refractivity contribution in [1.29, 1.82) is 0 Å². The Balaban J connectivity index is 1.29. The molecule has 4 rings (SSSR count). The largest absolute Gasteiger partial charge is 0.467 e. The highest BCUT2D eigenvalue weighted by molar-refractivity contribution is 7.89. The Kier molecular flexibility index (Phi) is 5.92. The molecule has 1 saturated carbocycles. The number of nitrogens with one attached hydrogen (secondary N) is 2. The van der Waals surface area contributed by atoms with Crippen molar-refractivity contribution in [3.8, 4) is 0 Å². The van der Waals surface area contributed by atoms with E-state index >= 15 is 0 Å². The Labute approximate surface area is 175 Å². The van der Waals surface area contributed by atoms with E-state index in [9.17, 15) is 18.0 Å². The minimum atomic E-state index is -3.53. The molecule has 1 aromatic carbocycles. The van der Waals surface area contributed by atoms with Gasteiger partial charge in [0.05, 0.1) is 17.7 Å². The molecule has 2 N–H and O–H groups in total. The molecule has 9 heteroatoms. The number of carbonyl (C=O) groups excluding carboxylic acids is 2. The van der Waals surface area contributed by atoms with Gasteiger partial charge in [0.25, 0.3) is 5.91 Å². The van der Waals surface area contributed by atoms with Gasteiger partial charge in [0.15, 0.2) is 0 Å². The number of hydrogen-bond donors (Lipinski definition) is 2. The lowest BCUT2D eigenvalue weighted by atomic mass is 9.95. The Morgan fingerprint density at radius 1 is 1.03 bits per heavy atom. The van der Waals surface area contributed by atoms with Crippen LogP contribution in [-0.2, 0) is 21.4 Å². The van der Waals surface area contributed by atoms with Gasteiger partial charge in [0.2, 0.25) is 15.9 Å². The van der Waals surface area contributed by atoms with E-state index in [1.165, 1.54) is 12.1 Å². The van der Waals surface area contributed by atoms with E-state index < -0.39 is 10.0 Å². The fraction of sp³-hybridized carbons (Fsp3) is 0.429. The van der Waals surface area contributed by atoms with Gasteiger partial charge < -0.3 is 14.6 Å². The number of carbonyl (C=O) groups is 2. The van der Waals surface area contributed by atoms with Gasteiger partial charge in [-0.1, -0.05) is 0 Å². The highest BCUT2D eigenvalue weighted by atomic mass is 32.2. The first-order valence-electron chi connectivity index (χ1n) is 10.1. The summed E-state index contributed by atoms with van der Waals surface area (Å²) in [6.45, 7) is 1.33. The standard InChI is InChI=1S/C21H25N3O5S/c25-20(22-14-18-2-1-13-29-18)15-9-11-24(12-10-15)21(26)16-3-7-19(8-4-16)30(27,28)23-17-5-6-17/h1-4,7-8,13,15,17,23H,5-6,9-12,14H2,(H,22,25). The van der Waals surface area contributed by atoms with E-state index in [-0.39, 0.29) is 28.7 Å². The smallest absolute Gasteiger partial charge is 0.253 e. The summed E-state index contributed by atoms with van der Waals surface area (Å²) in [6, 6.07) is 9.64. The Bertz CT molecular complexity index is 990. The number of sulfonamides is 1. The lowest BCUT2D eigenvalue weighted by molar-refractivity contribution is -0.126. The molecule has 0 bridgehead atoms. The molecule has 0 radical (unpaired) electrons. The molecule has 1 saturated heterocycles. The fourth-order valence-electron chi connectivity index (χ4n) is 3.52. The minimum absolute atomic E-state index is 0.0313. The Hall–Kier alpha value is -2.65. The second-order valence-corrected chi connectivity index (χ2v) is 9.50. The molecule has 1 aromatic heterocycles. The molecule has 0 unspecified atom stereocenters. The van der Waals surface area contributed by atoms with E-state index in [0.29, 0.717) is 43.8 Å². The molecular formula is C21H25N3O5S. The van der Waals surface area contributed by atoms with E-state index in [0.717, 1.165) is 12.8 Å². The maximum atomic E-state index is 12.8. The van der Waals surface area contributed by atoms with Crippen molar-refractivity contribution in [2.75, 3.05) is 13.1 Å². The summed E-state index contributed by atoms with van der Waals surface area (Å²) in [5.74, 6) is 0.388. The molecule has 30 heavy (non-hydrogen) atoms. The van der Waals surface area contributed by atoms with Crippen LogP contribution in [0.2, 0.25) is 0 Å². The summed E-state index contributed by atoms with van der Waals surface area (Å²) < 4.78 is 32.3. The Morgan fingerprint density at radius 3 is 2.33 bits per heavy atom. The minimum Gasteiger partial charge on any atom is -0.467 e. The number of hydrogen-bond acceptors (Lipinski definition) is 5. The maximum Gasteiger partial charge on any atom is 0.253 e. The van der Waals surface area contributed by atoms with Crippen LogP contribution < -0.4 is 10.0 Å². The summed E-state index contributed by atoms with van der Waals surface area (Å²) in [5, 5.41) is 2.87. The monoisotopic (exact) mass is 431 g/mol. The van der Waals surface area contributed by atoms with Crippen LogP contribution in [0.15, 0.2) is 52.0 Å². The van der Waals surface area contributed by atoms with Gasteiger partial charge in [-0.2, -0.15) is 0 Å². The van der Waals surface area contributed by atoms with Crippen molar-refractivity contribution in [1.82, 2.24) is 14.9 Å². The predicted octanol–water partition coefficient (Wildman–Crippen LogP) is 1.89. The molecule has 0 atom stereocenters. The molecule has 160 valence electrons. The lowest BCUT2D eigenvalue weighted by Gasteiger charge is -2.31. The molecule has 1 aliphatic carbocycles. The quantitative estimate of drug-likeness (QED) is 0.696. The number of nitrogens with zero attached hydrogens (tertiary/aromatic N) is 1. The first-order chi connectivity index (χ1) is 14.4. The van der Waals surface area contributed by atoms with Crippen LogP contribution in [0.5, 0.6) is 0 Å². The molecule has 2 heterocycles. The first kappa shape index (κ1) is 20.6. The van der Waals surface area contributed by atoms with Gasteiger partial charge >= 0.3 is 0 Å². The third kappa shape index (κ3) is 4.91. The van der Waals surface area contributed by atoms with Crippen LogP contribution >= 0.6 is 0 Å². The van der Waals surface area contributed by atoms with E-state index in [4.69, 9.17) is 4.42 Å². The average Bonchev–Trinajstić information content (AvgIpc) is 3.40. The van der Waals surface area contributed by atoms with Crippen LogP contribution in [0.25, 0.3) is 0 Å². The number of furan rings is 1. The number of piperidine rings is 1. The lowest BCUT2D eigenvalue weighted by Crippen LogP contribution is -2.42. The van der Waals surface area contributed by atoms with Gasteiger partial charge in [-0.3, -0.25) is 9.59 Å². The van der Waals surface area contributed by atoms with Gasteiger partial charge in [-0.05, 0) is 62.1 Å². The zero-order chi connectivity index (χ0) is 21.1. The number of rotatable bonds is 7. The summed E-state index contributed by atoms with van der Waals surface area (Å²) in [4.78, 5) is 27.0. The van der Waals surface area contributed by atoms with E-state index in [1.54, 1.807) is 35.4 Å². The van der Waals surface area contributed by atoms with Crippen LogP contribution in [0, 0.1) is 5.92 Å². The van der Waals surface area contributed by atoms with Crippen molar-refractivity contribution in [3.63, 3.8) is 0 Å². The summed E-state index contributed by atoms with van der Waals surface area (Å²) in [6.07, 6.45) is 4.48. The highest BCUT2D eigenvalue weighted by Crippen LogP contribution is 2.23. The van der Waals surface area contributed by atoms with Crippen molar-refractivity contribution < 1.29 is 22.4 Å². The third-order valence-corrected chi connectivity index (χ3v) is 7.02. The zero-order valence-corrected chi connectivity index (χ0v) is 17.4. The molecule has 1 aliphatic heterocycles. The fourth-order valence-corrected chi connectivity index (χ4v) is 4.83. The SMILES string of the molecule is O=C(NCc1ccco1)C1CCN(C(=O)c2ccc(S(=O)(=O)NC3CC3)cc2)CC1. The van der Waals surface area contributed by atoms with Crippen molar-refractivity contribution in [3.05, 3.63) is 54.0 Å². The molecule has 2 aliphatic rings. The van der Waals surface area contributed by atoms with Crippen LogP contribution in [0.1, 0.15) is 41.8 Å². The topological polar surface area (TPSA) is 109 Å². The maximum absolute atomic E-state index is 12.8. The van der Waals surface area contributed by atoms with Gasteiger partial charge in [-0.25, -0.2) is 13.1 Å². The van der Waals surface area contributed by atoms with Crippen LogP contribution in [0.3, 0.4) is 0 Å². The molecule has 2 aromatic rings. The van der Waals surface area contributed by atoms with E-state index in [1.807, 2.05) is 0 Å². The van der Waals surface area contributed by atoms with Crippen molar-refractivity contribution >= 4 is 21.8 Å². The summed E-state index contributed by atoms with van der Waals surface area (Å²) in [5.41, 5.74) is 0.445. The second kappa shape index (κ2) is 8.61. The normalized spacial score (nSPS) is 17.7. The van der Waals surface area contributed by atoms with Gasteiger partial charge in [-0.15, -0.1) is 0 Å².